The van der Waals surface area contributed by atoms with Crippen LogP contribution in [-0.4, -0.2) is 11.4 Å². The van der Waals surface area contributed by atoms with E-state index in [0.717, 1.165) is 23.3 Å². The average Bonchev–Trinajstić information content (AvgIpc) is 2.55. The molecule has 3 nitrogen and oxygen atoms in total. The Bertz CT molecular complexity index is 669. The van der Waals surface area contributed by atoms with Crippen LogP contribution >= 0.6 is 11.8 Å². The summed E-state index contributed by atoms with van der Waals surface area (Å²) < 4.78 is 13.8. The van der Waals surface area contributed by atoms with Crippen molar-refractivity contribution < 1.29 is 4.39 Å². The van der Waals surface area contributed by atoms with Crippen LogP contribution in [0.1, 0.15) is 23.6 Å². The first-order chi connectivity index (χ1) is 10.7. The van der Waals surface area contributed by atoms with Crippen LogP contribution in [0.3, 0.4) is 0 Å². The molecule has 2 aromatic rings. The summed E-state index contributed by atoms with van der Waals surface area (Å²) in [6.07, 6.45) is 2.18. The van der Waals surface area contributed by atoms with Crippen LogP contribution in [0.4, 0.5) is 4.39 Å². The highest BCUT2D eigenvalue weighted by Gasteiger charge is 2.00. The van der Waals surface area contributed by atoms with Crippen LogP contribution in [0, 0.1) is 5.82 Å². The zero-order valence-electron chi connectivity index (χ0n) is 12.4. The highest BCUT2D eigenvalue weighted by Crippen LogP contribution is 2.12. The summed E-state index contributed by atoms with van der Waals surface area (Å²) in [5.74, 6) is 0.430. The Morgan fingerprint density at radius 3 is 2.64 bits per heavy atom. The number of thioether (sulfide) groups is 1. The molecule has 0 aromatic heterocycles. The number of benzene rings is 2. The molecule has 0 saturated carbocycles. The predicted octanol–water partition coefficient (Wildman–Crippen LogP) is 3.97. The maximum atomic E-state index is 13.8. The highest BCUT2D eigenvalue weighted by molar-refractivity contribution is 8.13. The van der Waals surface area contributed by atoms with Gasteiger partial charge in [-0.3, -0.25) is 0 Å². The average molecular weight is 315 g/mol. The van der Waals surface area contributed by atoms with Crippen molar-refractivity contribution in [1.29, 1.82) is 0 Å². The molecule has 0 unspecified atom stereocenters. The quantitative estimate of drug-likeness (QED) is 0.515. The molecule has 22 heavy (non-hydrogen) atoms. The standard InChI is InChI=1S/C17H18FN3S/c1-2-13-8-9-15(16(18)10-13)11-20-21-17(19)22-12-14-6-4-3-5-7-14/h3-11H,2,12H2,1H3,(H2,19,21). The van der Waals surface area contributed by atoms with Crippen LogP contribution < -0.4 is 5.73 Å². The molecule has 5 heteroatoms. The van der Waals surface area contributed by atoms with Gasteiger partial charge in [-0.05, 0) is 23.6 Å². The number of rotatable bonds is 5. The van der Waals surface area contributed by atoms with E-state index in [1.807, 2.05) is 43.3 Å². The lowest BCUT2D eigenvalue weighted by molar-refractivity contribution is 0.624. The van der Waals surface area contributed by atoms with Crippen LogP contribution in [0.2, 0.25) is 0 Å². The van der Waals surface area contributed by atoms with Gasteiger partial charge in [0.1, 0.15) is 5.82 Å². The molecule has 0 heterocycles. The molecule has 0 radical (unpaired) electrons. The van der Waals surface area contributed by atoms with Crippen molar-refractivity contribution in [2.24, 2.45) is 15.9 Å². The van der Waals surface area contributed by atoms with Crippen molar-refractivity contribution in [1.82, 2.24) is 0 Å². The lowest BCUT2D eigenvalue weighted by Gasteiger charge is -2.00. The van der Waals surface area contributed by atoms with E-state index in [0.29, 0.717) is 10.7 Å². The highest BCUT2D eigenvalue weighted by atomic mass is 32.2. The lowest BCUT2D eigenvalue weighted by Crippen LogP contribution is -2.06. The van der Waals surface area contributed by atoms with E-state index >= 15 is 0 Å². The number of halogens is 1. The number of hydrogen-bond acceptors (Lipinski definition) is 3. The summed E-state index contributed by atoms with van der Waals surface area (Å²) >= 11 is 1.40. The molecule has 0 atom stereocenters. The van der Waals surface area contributed by atoms with Gasteiger partial charge in [0.2, 0.25) is 0 Å². The van der Waals surface area contributed by atoms with Crippen molar-refractivity contribution in [3.8, 4) is 0 Å². The fraction of sp³-hybridized carbons (Fsp3) is 0.176. The van der Waals surface area contributed by atoms with Gasteiger partial charge in [-0.25, -0.2) is 4.39 Å². The van der Waals surface area contributed by atoms with Gasteiger partial charge in [0.05, 0.1) is 6.21 Å². The molecule has 0 bridgehead atoms. The summed E-state index contributed by atoms with van der Waals surface area (Å²) in [4.78, 5) is 0. The van der Waals surface area contributed by atoms with Gasteiger partial charge in [-0.1, -0.05) is 61.2 Å². The third-order valence-corrected chi connectivity index (χ3v) is 3.91. The van der Waals surface area contributed by atoms with Gasteiger partial charge in [-0.15, -0.1) is 5.10 Å². The zero-order chi connectivity index (χ0) is 15.8. The molecular weight excluding hydrogens is 297 g/mol. The van der Waals surface area contributed by atoms with E-state index < -0.39 is 0 Å². The number of hydrogen-bond donors (Lipinski definition) is 1. The number of aryl methyl sites for hydroxylation is 1. The number of nitrogens with zero attached hydrogens (tertiary/aromatic N) is 2. The first-order valence-electron chi connectivity index (χ1n) is 7.00. The summed E-state index contributed by atoms with van der Waals surface area (Å²) in [6.45, 7) is 1.98. The summed E-state index contributed by atoms with van der Waals surface area (Å²) in [7, 11) is 0. The summed E-state index contributed by atoms with van der Waals surface area (Å²) in [5, 5.41) is 8.08. The van der Waals surface area contributed by atoms with Crippen molar-refractivity contribution in [3.05, 3.63) is 71.0 Å². The normalized spacial score (nSPS) is 12.0. The topological polar surface area (TPSA) is 50.7 Å². The Balaban J connectivity index is 1.92. The third kappa shape index (κ3) is 5.00. The van der Waals surface area contributed by atoms with Crippen LogP contribution in [-0.2, 0) is 12.2 Å². The predicted molar refractivity (Wildman–Crippen MR) is 92.7 cm³/mol. The molecule has 2 N–H and O–H groups in total. The fourth-order valence-corrected chi connectivity index (χ4v) is 2.42. The maximum absolute atomic E-state index is 13.8. The number of amidine groups is 1. The van der Waals surface area contributed by atoms with Gasteiger partial charge < -0.3 is 5.73 Å². The molecule has 0 aliphatic heterocycles. The molecule has 2 rings (SSSR count). The van der Waals surface area contributed by atoms with Gasteiger partial charge in [0.15, 0.2) is 5.17 Å². The van der Waals surface area contributed by atoms with Gasteiger partial charge in [-0.2, -0.15) is 5.10 Å². The van der Waals surface area contributed by atoms with Gasteiger partial charge >= 0.3 is 0 Å². The third-order valence-electron chi connectivity index (χ3n) is 3.06. The second-order valence-corrected chi connectivity index (χ2v) is 5.66. The summed E-state index contributed by atoms with van der Waals surface area (Å²) in [5.41, 5.74) is 8.30. The van der Waals surface area contributed by atoms with E-state index in [1.165, 1.54) is 24.0 Å². The molecule has 0 fully saturated rings. The second kappa shape index (κ2) is 8.34. The Labute approximate surface area is 134 Å². The van der Waals surface area contributed by atoms with E-state index in [1.54, 1.807) is 6.07 Å². The SMILES string of the molecule is CCc1ccc(C=NN=C(N)SCc2ccccc2)c(F)c1. The molecule has 0 aliphatic carbocycles. The second-order valence-electron chi connectivity index (χ2n) is 4.67. The molecule has 0 aliphatic rings. The smallest absolute Gasteiger partial charge is 0.180 e. The first-order valence-corrected chi connectivity index (χ1v) is 7.99. The Kier molecular flexibility index (Phi) is 6.15. The monoisotopic (exact) mass is 315 g/mol. The fourth-order valence-electron chi connectivity index (χ4n) is 1.80. The van der Waals surface area contributed by atoms with Crippen LogP contribution in [0.15, 0.2) is 58.7 Å². The van der Waals surface area contributed by atoms with Gasteiger partial charge in [0.25, 0.3) is 0 Å². The zero-order valence-corrected chi connectivity index (χ0v) is 13.2. The van der Waals surface area contributed by atoms with Crippen molar-refractivity contribution in [2.45, 2.75) is 19.1 Å². The van der Waals surface area contributed by atoms with Crippen LogP contribution in [0.5, 0.6) is 0 Å². The van der Waals surface area contributed by atoms with Gasteiger partial charge in [0, 0.05) is 11.3 Å². The minimum absolute atomic E-state index is 0.297. The van der Waals surface area contributed by atoms with E-state index in [2.05, 4.69) is 10.2 Å². The number of nitrogens with two attached hydrogens (primary N) is 1. The Morgan fingerprint density at radius 1 is 1.18 bits per heavy atom. The van der Waals surface area contributed by atoms with Crippen molar-refractivity contribution in [2.75, 3.05) is 0 Å². The van der Waals surface area contributed by atoms with E-state index in [9.17, 15) is 4.39 Å². The largest absolute Gasteiger partial charge is 0.377 e. The van der Waals surface area contributed by atoms with Crippen molar-refractivity contribution in [3.63, 3.8) is 0 Å². The maximum Gasteiger partial charge on any atom is 0.180 e. The van der Waals surface area contributed by atoms with Crippen LogP contribution in [0.25, 0.3) is 0 Å². The molecule has 0 spiro atoms. The minimum atomic E-state index is -0.297. The van der Waals surface area contributed by atoms with E-state index in [-0.39, 0.29) is 5.82 Å². The molecular formula is C17H18FN3S. The minimum Gasteiger partial charge on any atom is -0.377 e. The van der Waals surface area contributed by atoms with E-state index in [4.69, 9.17) is 5.73 Å². The Hall–Kier alpha value is -2.14. The molecule has 2 aromatic carbocycles. The Morgan fingerprint density at radius 2 is 1.95 bits per heavy atom. The summed E-state index contributed by atoms with van der Waals surface area (Å²) in [6, 6.07) is 15.0. The molecule has 0 amide bonds. The molecule has 0 saturated heterocycles. The lowest BCUT2D eigenvalue weighted by atomic mass is 10.1. The van der Waals surface area contributed by atoms with Crippen molar-refractivity contribution >= 4 is 23.1 Å². The first kappa shape index (κ1) is 16.2. The molecule has 114 valence electrons.